The van der Waals surface area contributed by atoms with E-state index < -0.39 is 5.97 Å². The molecule has 2 rings (SSSR count). The van der Waals surface area contributed by atoms with Crippen LogP contribution in [0.3, 0.4) is 0 Å². The number of carbonyl (C=O) groups excluding carboxylic acids is 2. The molecule has 1 fully saturated rings. The van der Waals surface area contributed by atoms with Crippen LogP contribution in [-0.4, -0.2) is 46.9 Å². The van der Waals surface area contributed by atoms with E-state index >= 15 is 0 Å². The number of aryl methyl sites for hydroxylation is 1. The summed E-state index contributed by atoms with van der Waals surface area (Å²) in [5.41, 5.74) is 0.761. The minimum Gasteiger partial charge on any atom is -0.464 e. The van der Waals surface area contributed by atoms with Crippen molar-refractivity contribution in [1.82, 2.24) is 14.7 Å². The molecule has 122 valence electrons. The number of ether oxygens (including phenoxy) is 1. The highest BCUT2D eigenvalue weighted by atomic mass is 16.5. The van der Waals surface area contributed by atoms with Crippen LogP contribution in [0.2, 0.25) is 0 Å². The molecular weight excluding hydrogens is 284 g/mol. The second kappa shape index (κ2) is 6.37. The molecule has 2 heterocycles. The van der Waals surface area contributed by atoms with E-state index in [0.717, 1.165) is 25.8 Å². The number of nitrogens with zero attached hydrogens (tertiary/aromatic N) is 3. The van der Waals surface area contributed by atoms with Crippen molar-refractivity contribution >= 4 is 17.7 Å². The number of hydrogen-bond acceptors (Lipinski definition) is 4. The summed E-state index contributed by atoms with van der Waals surface area (Å²) in [7, 11) is 2.98. The molecule has 0 aromatic carbocycles. The fraction of sp³-hybridized carbons (Fsp3) is 0.667. The van der Waals surface area contributed by atoms with Gasteiger partial charge in [-0.25, -0.2) is 9.59 Å². The zero-order valence-electron chi connectivity index (χ0n) is 13.7. The Labute approximate surface area is 130 Å². The van der Waals surface area contributed by atoms with Crippen LogP contribution in [0, 0.1) is 5.41 Å². The molecule has 0 unspecified atom stereocenters. The summed E-state index contributed by atoms with van der Waals surface area (Å²) in [5.74, 6) is -0.562. The Hall–Kier alpha value is -2.05. The number of aromatic nitrogens is 2. The summed E-state index contributed by atoms with van der Waals surface area (Å²) in [6.07, 6.45) is 4.66. The summed E-state index contributed by atoms with van der Waals surface area (Å²) < 4.78 is 6.16. The normalized spacial score (nSPS) is 17.7. The van der Waals surface area contributed by atoms with Crippen molar-refractivity contribution in [2.75, 3.05) is 25.5 Å². The summed E-state index contributed by atoms with van der Waals surface area (Å²) in [6.45, 7) is 5.89. The predicted octanol–water partition coefficient (Wildman–Crippen LogP) is 2.25. The standard InChI is InChI=1S/C15H24N4O3/c1-15(2)6-5-8-19(9-7-15)14(21)16-11-10-18(3)17-12(11)13(20)22-4/h10H,5-9H2,1-4H3,(H,16,21). The highest BCUT2D eigenvalue weighted by Crippen LogP contribution is 2.30. The largest absolute Gasteiger partial charge is 0.464 e. The van der Waals surface area contributed by atoms with Crippen molar-refractivity contribution < 1.29 is 14.3 Å². The van der Waals surface area contributed by atoms with Crippen molar-refractivity contribution in [3.05, 3.63) is 11.9 Å². The van der Waals surface area contributed by atoms with Gasteiger partial charge >= 0.3 is 12.0 Å². The number of hydrogen-bond donors (Lipinski definition) is 1. The molecule has 7 heteroatoms. The second-order valence-corrected chi connectivity index (χ2v) is 6.49. The Bertz CT molecular complexity index is 565. The minimum atomic E-state index is -0.562. The second-order valence-electron chi connectivity index (χ2n) is 6.49. The summed E-state index contributed by atoms with van der Waals surface area (Å²) >= 11 is 0. The summed E-state index contributed by atoms with van der Waals surface area (Å²) in [4.78, 5) is 25.9. The first-order chi connectivity index (χ1) is 10.3. The van der Waals surface area contributed by atoms with Crippen LogP contribution >= 0.6 is 0 Å². The number of carbonyl (C=O) groups is 2. The first-order valence-corrected chi connectivity index (χ1v) is 7.50. The monoisotopic (exact) mass is 308 g/mol. The molecule has 1 aromatic rings. The lowest BCUT2D eigenvalue weighted by molar-refractivity contribution is 0.0594. The SMILES string of the molecule is COC(=O)c1nn(C)cc1NC(=O)N1CCCC(C)(C)CC1. The first-order valence-electron chi connectivity index (χ1n) is 7.50. The van der Waals surface area contributed by atoms with Gasteiger partial charge < -0.3 is 15.0 Å². The zero-order chi connectivity index (χ0) is 16.3. The molecule has 0 atom stereocenters. The van der Waals surface area contributed by atoms with Crippen LogP contribution in [0.1, 0.15) is 43.6 Å². The molecule has 0 saturated carbocycles. The van der Waals surface area contributed by atoms with Gasteiger partial charge in [-0.15, -0.1) is 0 Å². The maximum atomic E-state index is 12.4. The van der Waals surface area contributed by atoms with Crippen molar-refractivity contribution in [3.63, 3.8) is 0 Å². The van der Waals surface area contributed by atoms with E-state index in [-0.39, 0.29) is 17.1 Å². The van der Waals surface area contributed by atoms with Crippen LogP contribution in [0.25, 0.3) is 0 Å². The molecule has 22 heavy (non-hydrogen) atoms. The third kappa shape index (κ3) is 3.78. The number of amides is 2. The van der Waals surface area contributed by atoms with Gasteiger partial charge in [0.25, 0.3) is 0 Å². The molecule has 1 aliphatic heterocycles. The summed E-state index contributed by atoms with van der Waals surface area (Å²) in [5, 5.41) is 6.80. The molecule has 0 spiro atoms. The molecule has 0 bridgehead atoms. The number of anilines is 1. The van der Waals surface area contributed by atoms with Crippen LogP contribution < -0.4 is 5.32 Å². The average Bonchev–Trinajstić information content (AvgIpc) is 2.70. The topological polar surface area (TPSA) is 76.5 Å². The number of esters is 1. The predicted molar refractivity (Wildman–Crippen MR) is 82.8 cm³/mol. The highest BCUT2D eigenvalue weighted by Gasteiger charge is 2.26. The van der Waals surface area contributed by atoms with Gasteiger partial charge in [-0.1, -0.05) is 13.8 Å². The molecule has 1 aromatic heterocycles. The third-order valence-corrected chi connectivity index (χ3v) is 4.08. The van der Waals surface area contributed by atoms with Gasteiger partial charge in [0, 0.05) is 26.3 Å². The van der Waals surface area contributed by atoms with E-state index in [4.69, 9.17) is 0 Å². The fourth-order valence-electron chi connectivity index (χ4n) is 2.65. The molecule has 1 saturated heterocycles. The molecule has 7 nitrogen and oxygen atoms in total. The van der Waals surface area contributed by atoms with Crippen molar-refractivity contribution in [1.29, 1.82) is 0 Å². The van der Waals surface area contributed by atoms with E-state index in [9.17, 15) is 9.59 Å². The van der Waals surface area contributed by atoms with Gasteiger partial charge in [0.1, 0.15) is 0 Å². The van der Waals surface area contributed by atoms with Gasteiger partial charge in [-0.2, -0.15) is 5.10 Å². The van der Waals surface area contributed by atoms with Crippen LogP contribution in [0.5, 0.6) is 0 Å². The maximum absolute atomic E-state index is 12.4. The van der Waals surface area contributed by atoms with Gasteiger partial charge in [0.05, 0.1) is 12.8 Å². The van der Waals surface area contributed by atoms with Crippen molar-refractivity contribution in [2.45, 2.75) is 33.1 Å². The van der Waals surface area contributed by atoms with E-state index in [1.54, 1.807) is 18.1 Å². The van der Waals surface area contributed by atoms with Gasteiger partial charge in [0.2, 0.25) is 0 Å². The Morgan fingerprint density at radius 2 is 2.05 bits per heavy atom. The van der Waals surface area contributed by atoms with Gasteiger partial charge in [0.15, 0.2) is 5.69 Å². The number of methoxy groups -OCH3 is 1. The van der Waals surface area contributed by atoms with E-state index in [0.29, 0.717) is 12.2 Å². The molecule has 1 N–H and O–H groups in total. The van der Waals surface area contributed by atoms with Crippen molar-refractivity contribution in [3.8, 4) is 0 Å². The first kappa shape index (κ1) is 16.3. The molecular formula is C15H24N4O3. The van der Waals surface area contributed by atoms with E-state index in [1.807, 2.05) is 0 Å². The Kier molecular flexibility index (Phi) is 4.73. The highest BCUT2D eigenvalue weighted by molar-refractivity contribution is 5.99. The lowest BCUT2D eigenvalue weighted by atomic mass is 9.85. The number of nitrogens with one attached hydrogen (secondary N) is 1. The Morgan fingerprint density at radius 1 is 1.32 bits per heavy atom. The zero-order valence-corrected chi connectivity index (χ0v) is 13.7. The third-order valence-electron chi connectivity index (χ3n) is 4.08. The fourth-order valence-corrected chi connectivity index (χ4v) is 2.65. The van der Waals surface area contributed by atoms with E-state index in [1.165, 1.54) is 11.8 Å². The Balaban J connectivity index is 2.07. The molecule has 1 aliphatic rings. The van der Waals surface area contributed by atoms with Crippen LogP contribution in [0.15, 0.2) is 6.20 Å². The van der Waals surface area contributed by atoms with Gasteiger partial charge in [-0.05, 0) is 24.7 Å². The lowest BCUT2D eigenvalue weighted by Gasteiger charge is -2.23. The quantitative estimate of drug-likeness (QED) is 0.850. The Morgan fingerprint density at radius 3 is 2.73 bits per heavy atom. The molecule has 2 amide bonds. The van der Waals surface area contributed by atoms with Crippen LogP contribution in [0.4, 0.5) is 10.5 Å². The molecule has 0 radical (unpaired) electrons. The van der Waals surface area contributed by atoms with Crippen LogP contribution in [-0.2, 0) is 11.8 Å². The lowest BCUT2D eigenvalue weighted by Crippen LogP contribution is -2.36. The summed E-state index contributed by atoms with van der Waals surface area (Å²) in [6, 6.07) is -0.198. The van der Waals surface area contributed by atoms with Crippen molar-refractivity contribution in [2.24, 2.45) is 12.5 Å². The minimum absolute atomic E-state index is 0.119. The van der Waals surface area contributed by atoms with Gasteiger partial charge in [-0.3, -0.25) is 4.68 Å². The maximum Gasteiger partial charge on any atom is 0.360 e. The number of likely N-dealkylation sites (tertiary alicyclic amines) is 1. The molecule has 0 aliphatic carbocycles. The number of rotatable bonds is 2. The smallest absolute Gasteiger partial charge is 0.360 e. The van der Waals surface area contributed by atoms with E-state index in [2.05, 4.69) is 29.0 Å². The average molecular weight is 308 g/mol. The number of urea groups is 1.